The number of carbonyl (C=O) groups is 2. The molecule has 20 heavy (non-hydrogen) atoms. The molecular formula is C15H17N3O2. The van der Waals surface area contributed by atoms with Crippen molar-refractivity contribution < 1.29 is 9.59 Å². The topological polar surface area (TPSA) is 73.2 Å². The highest BCUT2D eigenvalue weighted by atomic mass is 16.2. The Bertz CT molecular complexity index is 550. The van der Waals surface area contributed by atoms with E-state index in [2.05, 4.69) is 5.32 Å². The minimum atomic E-state index is -0.984. The van der Waals surface area contributed by atoms with Gasteiger partial charge in [0.2, 0.25) is 0 Å². The molecule has 1 unspecified atom stereocenters. The molecule has 5 heteroatoms. The summed E-state index contributed by atoms with van der Waals surface area (Å²) in [7, 11) is 0. The number of nitrogens with one attached hydrogen (secondary N) is 1. The van der Waals surface area contributed by atoms with Crippen LogP contribution >= 0.6 is 0 Å². The fourth-order valence-corrected chi connectivity index (χ4v) is 2.60. The summed E-state index contributed by atoms with van der Waals surface area (Å²) >= 11 is 0. The molecule has 1 fully saturated rings. The second-order valence-electron chi connectivity index (χ2n) is 4.82. The molecule has 3 amide bonds. The Morgan fingerprint density at radius 1 is 1.30 bits per heavy atom. The molecule has 5 nitrogen and oxygen atoms in total. The van der Waals surface area contributed by atoms with E-state index in [4.69, 9.17) is 5.26 Å². The summed E-state index contributed by atoms with van der Waals surface area (Å²) in [4.78, 5) is 25.9. The van der Waals surface area contributed by atoms with Gasteiger partial charge in [0.1, 0.15) is 5.54 Å². The van der Waals surface area contributed by atoms with Crippen molar-refractivity contribution in [1.29, 1.82) is 5.26 Å². The molecule has 0 aliphatic carbocycles. The quantitative estimate of drug-likeness (QED) is 0.834. The van der Waals surface area contributed by atoms with Crippen LogP contribution in [0.25, 0.3) is 0 Å². The van der Waals surface area contributed by atoms with Crippen molar-refractivity contribution in [3.63, 3.8) is 0 Å². The highest BCUT2D eigenvalue weighted by Crippen LogP contribution is 2.33. The third-order valence-corrected chi connectivity index (χ3v) is 3.51. The molecule has 1 N–H and O–H groups in total. The number of imide groups is 1. The molecular weight excluding hydrogens is 254 g/mol. The van der Waals surface area contributed by atoms with Crippen molar-refractivity contribution in [2.45, 2.75) is 31.7 Å². The Morgan fingerprint density at radius 2 is 2.00 bits per heavy atom. The van der Waals surface area contributed by atoms with Crippen molar-refractivity contribution in [1.82, 2.24) is 10.2 Å². The standard InChI is InChI=1S/C15H17N3O2/c1-2-9-15(12-7-4-3-5-8-12)13(19)18(11-6-10-16)14(20)17-15/h3-5,7-8H,2,6,9,11H2,1H3,(H,17,20). The molecule has 1 heterocycles. The fourth-order valence-electron chi connectivity index (χ4n) is 2.60. The molecule has 1 atom stereocenters. The van der Waals surface area contributed by atoms with Gasteiger partial charge in [-0.2, -0.15) is 5.26 Å². The van der Waals surface area contributed by atoms with E-state index < -0.39 is 11.6 Å². The Hall–Kier alpha value is -2.35. The van der Waals surface area contributed by atoms with E-state index in [0.717, 1.165) is 16.9 Å². The number of nitriles is 1. The zero-order valence-electron chi connectivity index (χ0n) is 11.4. The first-order chi connectivity index (χ1) is 9.65. The van der Waals surface area contributed by atoms with Crippen LogP contribution in [0.4, 0.5) is 4.79 Å². The number of amides is 3. The Morgan fingerprint density at radius 3 is 2.60 bits per heavy atom. The molecule has 0 saturated carbocycles. The number of carbonyl (C=O) groups excluding carboxylic acids is 2. The van der Waals surface area contributed by atoms with Gasteiger partial charge in [-0.25, -0.2) is 4.79 Å². The molecule has 2 rings (SSSR count). The van der Waals surface area contributed by atoms with Gasteiger partial charge >= 0.3 is 6.03 Å². The number of nitrogens with zero attached hydrogens (tertiary/aromatic N) is 2. The SMILES string of the molecule is CCCC1(c2ccccc2)NC(=O)N(CCC#N)C1=O. The molecule has 1 aromatic rings. The molecule has 0 aromatic heterocycles. The maximum absolute atomic E-state index is 12.7. The lowest BCUT2D eigenvalue weighted by atomic mass is 9.85. The lowest BCUT2D eigenvalue weighted by Gasteiger charge is -2.26. The maximum Gasteiger partial charge on any atom is 0.325 e. The molecule has 0 spiro atoms. The zero-order valence-corrected chi connectivity index (χ0v) is 11.4. The Balaban J connectivity index is 2.38. The number of hydrogen-bond donors (Lipinski definition) is 1. The largest absolute Gasteiger partial charge is 0.325 e. The van der Waals surface area contributed by atoms with E-state index >= 15 is 0 Å². The first-order valence-electron chi connectivity index (χ1n) is 6.72. The van der Waals surface area contributed by atoms with Gasteiger partial charge < -0.3 is 5.32 Å². The number of urea groups is 1. The predicted octanol–water partition coefficient (Wildman–Crippen LogP) is 2.15. The third kappa shape index (κ3) is 2.25. The van der Waals surface area contributed by atoms with E-state index in [0.29, 0.717) is 6.42 Å². The van der Waals surface area contributed by atoms with Crippen LogP contribution in [0.15, 0.2) is 30.3 Å². The van der Waals surface area contributed by atoms with Gasteiger partial charge in [0, 0.05) is 6.54 Å². The summed E-state index contributed by atoms with van der Waals surface area (Å²) in [5.74, 6) is -0.259. The van der Waals surface area contributed by atoms with Crippen LogP contribution in [-0.4, -0.2) is 23.4 Å². The molecule has 1 aromatic carbocycles. The lowest BCUT2D eigenvalue weighted by Crippen LogP contribution is -2.44. The van der Waals surface area contributed by atoms with Crippen molar-refractivity contribution in [3.8, 4) is 6.07 Å². The summed E-state index contributed by atoms with van der Waals surface area (Å²) in [6.45, 7) is 2.11. The monoisotopic (exact) mass is 271 g/mol. The first kappa shape index (κ1) is 14.1. The second kappa shape index (κ2) is 5.74. The van der Waals surface area contributed by atoms with Gasteiger partial charge in [0.05, 0.1) is 12.5 Å². The van der Waals surface area contributed by atoms with Gasteiger partial charge in [-0.05, 0) is 12.0 Å². The fraction of sp³-hybridized carbons (Fsp3) is 0.400. The summed E-state index contributed by atoms with van der Waals surface area (Å²) in [5.41, 5.74) is -0.192. The Labute approximate surface area is 118 Å². The molecule has 0 bridgehead atoms. The van der Waals surface area contributed by atoms with E-state index in [1.807, 2.05) is 43.3 Å². The zero-order chi connectivity index (χ0) is 14.6. The van der Waals surface area contributed by atoms with Crippen molar-refractivity contribution in [2.75, 3.05) is 6.54 Å². The predicted molar refractivity (Wildman–Crippen MR) is 73.5 cm³/mol. The third-order valence-electron chi connectivity index (χ3n) is 3.51. The smallest absolute Gasteiger partial charge is 0.319 e. The molecule has 0 radical (unpaired) electrons. The number of rotatable bonds is 5. The summed E-state index contributed by atoms with van der Waals surface area (Å²) < 4.78 is 0. The molecule has 1 aliphatic rings. The van der Waals surface area contributed by atoms with Gasteiger partial charge in [-0.3, -0.25) is 9.69 Å². The van der Waals surface area contributed by atoms with Crippen LogP contribution in [0.3, 0.4) is 0 Å². The van der Waals surface area contributed by atoms with Gasteiger partial charge in [-0.1, -0.05) is 43.7 Å². The minimum absolute atomic E-state index is 0.138. The average Bonchev–Trinajstić information content (AvgIpc) is 2.70. The minimum Gasteiger partial charge on any atom is -0.319 e. The number of hydrogen-bond acceptors (Lipinski definition) is 3. The van der Waals surface area contributed by atoms with E-state index in [-0.39, 0.29) is 18.9 Å². The molecule has 1 saturated heterocycles. The first-order valence-corrected chi connectivity index (χ1v) is 6.72. The van der Waals surface area contributed by atoms with Gasteiger partial charge in [-0.15, -0.1) is 0 Å². The van der Waals surface area contributed by atoms with E-state index in [1.165, 1.54) is 0 Å². The van der Waals surface area contributed by atoms with Crippen LogP contribution in [-0.2, 0) is 10.3 Å². The highest BCUT2D eigenvalue weighted by Gasteiger charge is 2.51. The van der Waals surface area contributed by atoms with Crippen LogP contribution < -0.4 is 5.32 Å². The van der Waals surface area contributed by atoms with Crippen molar-refractivity contribution in [3.05, 3.63) is 35.9 Å². The lowest BCUT2D eigenvalue weighted by molar-refractivity contribution is -0.131. The normalized spacial score (nSPS) is 21.7. The van der Waals surface area contributed by atoms with Crippen LogP contribution in [0.5, 0.6) is 0 Å². The van der Waals surface area contributed by atoms with E-state index in [1.54, 1.807) is 0 Å². The average molecular weight is 271 g/mol. The maximum atomic E-state index is 12.7. The van der Waals surface area contributed by atoms with Crippen molar-refractivity contribution in [2.24, 2.45) is 0 Å². The molecule has 1 aliphatic heterocycles. The summed E-state index contributed by atoms with van der Waals surface area (Å²) in [6, 6.07) is 10.8. The second-order valence-corrected chi connectivity index (χ2v) is 4.82. The van der Waals surface area contributed by atoms with Crippen LogP contribution in [0.2, 0.25) is 0 Å². The highest BCUT2D eigenvalue weighted by molar-refractivity contribution is 6.07. The van der Waals surface area contributed by atoms with Crippen LogP contribution in [0.1, 0.15) is 31.7 Å². The Kier molecular flexibility index (Phi) is 4.04. The molecule has 104 valence electrons. The van der Waals surface area contributed by atoms with E-state index in [9.17, 15) is 9.59 Å². The van der Waals surface area contributed by atoms with Gasteiger partial charge in [0.25, 0.3) is 5.91 Å². The van der Waals surface area contributed by atoms with Crippen molar-refractivity contribution >= 4 is 11.9 Å². The van der Waals surface area contributed by atoms with Gasteiger partial charge in [0.15, 0.2) is 0 Å². The number of benzene rings is 1. The summed E-state index contributed by atoms with van der Waals surface area (Å²) in [6.07, 6.45) is 1.47. The van der Waals surface area contributed by atoms with Crippen LogP contribution in [0, 0.1) is 11.3 Å². The summed E-state index contributed by atoms with van der Waals surface area (Å²) in [5, 5.41) is 11.5.